The SMILES string of the molecule is Cc1ccc2c(Cl)cc(Cl)c(OCC(=O)NCC(=O)NC3CC3)c2n1. The highest BCUT2D eigenvalue weighted by atomic mass is 35.5. The van der Waals surface area contributed by atoms with E-state index in [1.54, 1.807) is 6.07 Å². The molecule has 8 heteroatoms. The van der Waals surface area contributed by atoms with Crippen molar-refractivity contribution >= 4 is 45.9 Å². The molecular formula is C17H17Cl2N3O3. The van der Waals surface area contributed by atoms with E-state index in [1.165, 1.54) is 0 Å². The van der Waals surface area contributed by atoms with Crippen LogP contribution in [-0.2, 0) is 9.59 Å². The maximum Gasteiger partial charge on any atom is 0.258 e. The number of carbonyl (C=O) groups excluding carboxylic acids is 2. The van der Waals surface area contributed by atoms with Gasteiger partial charge in [-0.2, -0.15) is 0 Å². The number of aryl methyl sites for hydroxylation is 1. The van der Waals surface area contributed by atoms with Crippen LogP contribution in [0.2, 0.25) is 10.0 Å². The average Bonchev–Trinajstić information content (AvgIpc) is 3.36. The lowest BCUT2D eigenvalue weighted by molar-refractivity contribution is -0.127. The molecule has 1 aliphatic rings. The van der Waals surface area contributed by atoms with Gasteiger partial charge in [-0.05, 0) is 38.0 Å². The van der Waals surface area contributed by atoms with Crippen LogP contribution < -0.4 is 15.4 Å². The second kappa shape index (κ2) is 7.45. The van der Waals surface area contributed by atoms with Crippen molar-refractivity contribution in [3.8, 4) is 5.75 Å². The molecule has 0 unspecified atom stereocenters. The minimum atomic E-state index is -0.419. The minimum absolute atomic E-state index is 0.0782. The predicted octanol–water partition coefficient (Wildman–Crippen LogP) is 2.62. The Bertz CT molecular complexity index is 837. The summed E-state index contributed by atoms with van der Waals surface area (Å²) in [5, 5.41) is 6.72. The first kappa shape index (κ1) is 17.8. The number of benzene rings is 1. The Hall–Kier alpha value is -2.05. The molecule has 0 saturated heterocycles. The molecule has 0 bridgehead atoms. The first-order valence-corrected chi connectivity index (χ1v) is 8.64. The van der Waals surface area contributed by atoms with E-state index in [9.17, 15) is 9.59 Å². The maximum atomic E-state index is 11.9. The van der Waals surface area contributed by atoms with Crippen molar-refractivity contribution in [2.24, 2.45) is 0 Å². The lowest BCUT2D eigenvalue weighted by Gasteiger charge is -2.12. The molecule has 1 fully saturated rings. The monoisotopic (exact) mass is 381 g/mol. The number of nitrogens with one attached hydrogen (secondary N) is 2. The van der Waals surface area contributed by atoms with E-state index in [-0.39, 0.29) is 30.1 Å². The average molecular weight is 382 g/mol. The van der Waals surface area contributed by atoms with Crippen LogP contribution in [0.5, 0.6) is 5.75 Å². The molecule has 3 rings (SSSR count). The minimum Gasteiger partial charge on any atom is -0.480 e. The highest BCUT2D eigenvalue weighted by Crippen LogP contribution is 2.37. The van der Waals surface area contributed by atoms with Gasteiger partial charge in [0.15, 0.2) is 12.4 Å². The summed E-state index contributed by atoms with van der Waals surface area (Å²) in [4.78, 5) is 27.9. The Morgan fingerprint density at radius 3 is 2.72 bits per heavy atom. The summed E-state index contributed by atoms with van der Waals surface area (Å²) in [5.74, 6) is -0.330. The van der Waals surface area contributed by atoms with E-state index in [0.717, 1.165) is 18.5 Å². The van der Waals surface area contributed by atoms with Crippen LogP contribution in [0, 0.1) is 6.92 Å². The Labute approximate surface area is 154 Å². The molecule has 1 saturated carbocycles. The molecule has 1 aromatic heterocycles. The van der Waals surface area contributed by atoms with E-state index >= 15 is 0 Å². The van der Waals surface area contributed by atoms with Gasteiger partial charge < -0.3 is 15.4 Å². The van der Waals surface area contributed by atoms with Crippen molar-refractivity contribution in [1.82, 2.24) is 15.6 Å². The normalized spacial score (nSPS) is 13.6. The van der Waals surface area contributed by atoms with Crippen LogP contribution >= 0.6 is 23.2 Å². The van der Waals surface area contributed by atoms with Crippen LogP contribution in [-0.4, -0.2) is 36.0 Å². The summed E-state index contributed by atoms with van der Waals surface area (Å²) in [6, 6.07) is 5.47. The molecule has 1 aromatic carbocycles. The molecule has 2 N–H and O–H groups in total. The second-order valence-electron chi connectivity index (χ2n) is 5.93. The fourth-order valence-electron chi connectivity index (χ4n) is 2.30. The molecule has 0 aliphatic heterocycles. The number of carbonyl (C=O) groups is 2. The lowest BCUT2D eigenvalue weighted by atomic mass is 10.2. The summed E-state index contributed by atoms with van der Waals surface area (Å²) in [6.07, 6.45) is 1.99. The van der Waals surface area contributed by atoms with Crippen molar-refractivity contribution < 1.29 is 14.3 Å². The molecule has 0 spiro atoms. The number of hydrogen-bond acceptors (Lipinski definition) is 4. The predicted molar refractivity (Wildman–Crippen MR) is 96.2 cm³/mol. The van der Waals surface area contributed by atoms with E-state index in [0.29, 0.717) is 21.7 Å². The van der Waals surface area contributed by atoms with Crippen molar-refractivity contribution in [2.45, 2.75) is 25.8 Å². The van der Waals surface area contributed by atoms with Crippen LogP contribution in [0.1, 0.15) is 18.5 Å². The third-order valence-electron chi connectivity index (χ3n) is 3.71. The summed E-state index contributed by atoms with van der Waals surface area (Å²) in [6.45, 7) is 1.48. The second-order valence-corrected chi connectivity index (χ2v) is 6.74. The van der Waals surface area contributed by atoms with Crippen molar-refractivity contribution in [3.05, 3.63) is 33.9 Å². The van der Waals surface area contributed by atoms with Crippen molar-refractivity contribution in [1.29, 1.82) is 0 Å². The summed E-state index contributed by atoms with van der Waals surface area (Å²) in [5.41, 5.74) is 1.27. The number of amides is 2. The Kier molecular flexibility index (Phi) is 5.30. The number of pyridine rings is 1. The van der Waals surface area contributed by atoms with E-state index in [1.807, 2.05) is 19.1 Å². The van der Waals surface area contributed by atoms with Crippen LogP contribution in [0.4, 0.5) is 0 Å². The van der Waals surface area contributed by atoms with Gasteiger partial charge in [-0.1, -0.05) is 23.2 Å². The zero-order valence-corrected chi connectivity index (χ0v) is 15.1. The van der Waals surface area contributed by atoms with E-state index < -0.39 is 5.91 Å². The molecule has 1 heterocycles. The van der Waals surface area contributed by atoms with Crippen molar-refractivity contribution in [3.63, 3.8) is 0 Å². The van der Waals surface area contributed by atoms with Gasteiger partial charge in [0.2, 0.25) is 5.91 Å². The summed E-state index contributed by atoms with van der Waals surface area (Å²) in [7, 11) is 0. The molecule has 0 radical (unpaired) electrons. The van der Waals surface area contributed by atoms with Crippen LogP contribution in [0.3, 0.4) is 0 Å². The molecule has 2 aromatic rings. The summed E-state index contributed by atoms with van der Waals surface area (Å²) >= 11 is 12.4. The molecule has 25 heavy (non-hydrogen) atoms. The Morgan fingerprint density at radius 1 is 1.24 bits per heavy atom. The Morgan fingerprint density at radius 2 is 2.00 bits per heavy atom. The maximum absolute atomic E-state index is 11.9. The fraction of sp³-hybridized carbons (Fsp3) is 0.353. The van der Waals surface area contributed by atoms with Crippen LogP contribution in [0.15, 0.2) is 18.2 Å². The van der Waals surface area contributed by atoms with Gasteiger partial charge in [0.25, 0.3) is 5.91 Å². The molecular weight excluding hydrogens is 365 g/mol. The topological polar surface area (TPSA) is 80.3 Å². The summed E-state index contributed by atoms with van der Waals surface area (Å²) < 4.78 is 5.55. The zero-order chi connectivity index (χ0) is 18.0. The first-order valence-electron chi connectivity index (χ1n) is 7.88. The van der Waals surface area contributed by atoms with Crippen molar-refractivity contribution in [2.75, 3.05) is 13.2 Å². The van der Waals surface area contributed by atoms with Gasteiger partial charge >= 0.3 is 0 Å². The number of aromatic nitrogens is 1. The zero-order valence-electron chi connectivity index (χ0n) is 13.6. The highest BCUT2D eigenvalue weighted by Gasteiger charge is 2.23. The number of fused-ring (bicyclic) bond motifs is 1. The molecule has 1 aliphatic carbocycles. The third-order valence-corrected chi connectivity index (χ3v) is 4.31. The van der Waals surface area contributed by atoms with Gasteiger partial charge in [0.1, 0.15) is 5.52 Å². The highest BCUT2D eigenvalue weighted by molar-refractivity contribution is 6.39. The molecule has 2 amide bonds. The van der Waals surface area contributed by atoms with Gasteiger partial charge in [-0.3, -0.25) is 9.59 Å². The fourth-order valence-corrected chi connectivity index (χ4v) is 2.87. The smallest absolute Gasteiger partial charge is 0.258 e. The van der Waals surface area contributed by atoms with Gasteiger partial charge in [-0.25, -0.2) is 4.98 Å². The molecule has 6 nitrogen and oxygen atoms in total. The lowest BCUT2D eigenvalue weighted by Crippen LogP contribution is -2.39. The van der Waals surface area contributed by atoms with Gasteiger partial charge in [0, 0.05) is 17.1 Å². The largest absolute Gasteiger partial charge is 0.480 e. The quantitative estimate of drug-likeness (QED) is 0.805. The van der Waals surface area contributed by atoms with Gasteiger partial charge in [0.05, 0.1) is 16.6 Å². The first-order chi connectivity index (χ1) is 11.9. The third kappa shape index (κ3) is 4.52. The van der Waals surface area contributed by atoms with Crippen LogP contribution in [0.25, 0.3) is 10.9 Å². The van der Waals surface area contributed by atoms with E-state index in [2.05, 4.69) is 15.6 Å². The van der Waals surface area contributed by atoms with E-state index in [4.69, 9.17) is 27.9 Å². The number of rotatable bonds is 6. The molecule has 0 atom stereocenters. The standard InChI is InChI=1S/C17H17Cl2N3O3/c1-9-2-5-11-12(18)6-13(19)17(16(11)21-9)25-8-15(24)20-7-14(23)22-10-3-4-10/h2,5-6,10H,3-4,7-8H2,1H3,(H,20,24)(H,22,23). The number of nitrogens with zero attached hydrogens (tertiary/aromatic N) is 1. The number of halogens is 2. The molecule has 132 valence electrons. The van der Waals surface area contributed by atoms with Gasteiger partial charge in [-0.15, -0.1) is 0 Å². The number of hydrogen-bond donors (Lipinski definition) is 2. The number of ether oxygens (including phenoxy) is 1. The Balaban J connectivity index is 1.65.